The van der Waals surface area contributed by atoms with Crippen molar-refractivity contribution in [2.24, 2.45) is 4.99 Å². The summed E-state index contributed by atoms with van der Waals surface area (Å²) in [6.07, 6.45) is 1.74. The van der Waals surface area contributed by atoms with Crippen LogP contribution in [0.1, 0.15) is 38.8 Å². The van der Waals surface area contributed by atoms with Crippen LogP contribution in [-0.4, -0.2) is 51.8 Å². The molecule has 4 rings (SSSR count). The molecule has 0 aromatic heterocycles. The molecule has 1 aliphatic rings. The van der Waals surface area contributed by atoms with Crippen molar-refractivity contribution in [2.75, 3.05) is 13.7 Å². The highest BCUT2D eigenvalue weighted by molar-refractivity contribution is 8.18. The minimum absolute atomic E-state index is 0.117. The van der Waals surface area contributed by atoms with Crippen molar-refractivity contribution >= 4 is 46.5 Å². The highest BCUT2D eigenvalue weighted by Gasteiger charge is 2.32. The van der Waals surface area contributed by atoms with Gasteiger partial charge in [0, 0.05) is 6.54 Å². The van der Waals surface area contributed by atoms with Crippen LogP contribution in [0.2, 0.25) is 0 Å². The summed E-state index contributed by atoms with van der Waals surface area (Å²) in [6, 6.07) is 17.9. The fraction of sp³-hybridized carbons (Fsp3) is 0.143. The van der Waals surface area contributed by atoms with Crippen LogP contribution in [0.25, 0.3) is 6.08 Å². The predicted molar refractivity (Wildman–Crippen MR) is 144 cm³/mol. The molecule has 194 valence electrons. The average Bonchev–Trinajstić information content (AvgIpc) is 3.21. The molecule has 1 saturated heterocycles. The third kappa shape index (κ3) is 6.04. The summed E-state index contributed by atoms with van der Waals surface area (Å²) in [5.41, 5.74) is 2.29. The quantitative estimate of drug-likeness (QED) is 0.356. The van der Waals surface area contributed by atoms with Crippen molar-refractivity contribution in [3.05, 3.63) is 93.9 Å². The van der Waals surface area contributed by atoms with E-state index in [2.05, 4.69) is 4.99 Å². The topological polar surface area (TPSA) is 126 Å². The minimum atomic E-state index is -1.05. The van der Waals surface area contributed by atoms with Crippen molar-refractivity contribution in [1.29, 1.82) is 0 Å². The summed E-state index contributed by atoms with van der Waals surface area (Å²) in [4.78, 5) is 41.8. The molecule has 0 unspecified atom stereocenters. The summed E-state index contributed by atoms with van der Waals surface area (Å²) in [7, 11) is 1.52. The lowest BCUT2D eigenvalue weighted by Crippen LogP contribution is -2.28. The van der Waals surface area contributed by atoms with Gasteiger partial charge in [0.1, 0.15) is 6.61 Å². The van der Waals surface area contributed by atoms with E-state index in [4.69, 9.17) is 14.6 Å². The molecule has 1 heterocycles. The van der Waals surface area contributed by atoms with Gasteiger partial charge in [0.05, 0.1) is 28.8 Å². The Bertz CT molecular complexity index is 1450. The van der Waals surface area contributed by atoms with Crippen LogP contribution >= 0.6 is 11.8 Å². The minimum Gasteiger partial charge on any atom is -0.493 e. The number of carbonyl (C=O) groups is 3. The van der Waals surface area contributed by atoms with Gasteiger partial charge >= 0.3 is 11.9 Å². The van der Waals surface area contributed by atoms with E-state index in [0.717, 1.165) is 11.1 Å². The maximum absolute atomic E-state index is 13.0. The number of methoxy groups -OCH3 is 1. The summed E-state index contributed by atoms with van der Waals surface area (Å²) in [5.74, 6) is -1.26. The number of carboxylic acid groups (broad SMARTS) is 2. The van der Waals surface area contributed by atoms with E-state index >= 15 is 0 Å². The number of carbonyl (C=O) groups excluding carboxylic acids is 1. The smallest absolute Gasteiger partial charge is 0.335 e. The molecule has 2 N–H and O–H groups in total. The number of thioether (sulfide) groups is 1. The van der Waals surface area contributed by atoms with Crippen molar-refractivity contribution in [3.63, 3.8) is 0 Å². The molecule has 3 aromatic rings. The van der Waals surface area contributed by atoms with Crippen LogP contribution < -0.4 is 9.47 Å². The van der Waals surface area contributed by atoms with Crippen molar-refractivity contribution in [2.45, 2.75) is 13.5 Å². The van der Waals surface area contributed by atoms with E-state index < -0.39 is 11.9 Å². The molecular weight excluding hydrogens is 508 g/mol. The first-order chi connectivity index (χ1) is 18.3. The molecule has 0 aliphatic carbocycles. The molecule has 0 radical (unpaired) electrons. The lowest BCUT2D eigenvalue weighted by atomic mass is 10.1. The second-order valence-corrected chi connectivity index (χ2v) is 9.12. The number of benzene rings is 3. The van der Waals surface area contributed by atoms with Crippen LogP contribution in [0.15, 0.2) is 76.6 Å². The summed E-state index contributed by atoms with van der Waals surface area (Å²) in [6.45, 7) is 2.47. The molecule has 9 nitrogen and oxygen atoms in total. The number of hydrogen-bond donors (Lipinski definition) is 2. The number of carboxylic acids is 2. The fourth-order valence-electron chi connectivity index (χ4n) is 3.64. The van der Waals surface area contributed by atoms with Gasteiger partial charge in [-0.25, -0.2) is 14.6 Å². The Morgan fingerprint density at radius 3 is 2.37 bits per heavy atom. The monoisotopic (exact) mass is 532 g/mol. The Balaban J connectivity index is 1.52. The lowest BCUT2D eigenvalue weighted by molar-refractivity contribution is -0.122. The highest BCUT2D eigenvalue weighted by atomic mass is 32.2. The van der Waals surface area contributed by atoms with E-state index in [1.807, 2.05) is 6.92 Å². The largest absolute Gasteiger partial charge is 0.493 e. The first-order valence-corrected chi connectivity index (χ1v) is 12.4. The van der Waals surface area contributed by atoms with Gasteiger partial charge in [0.25, 0.3) is 5.91 Å². The fourth-order valence-corrected chi connectivity index (χ4v) is 4.70. The number of likely N-dealkylation sites (N-methyl/N-ethyl adjacent to an activating group) is 1. The summed E-state index contributed by atoms with van der Waals surface area (Å²) < 4.78 is 11.4. The second-order valence-electron chi connectivity index (χ2n) is 8.11. The van der Waals surface area contributed by atoms with Crippen LogP contribution in [0.4, 0.5) is 5.69 Å². The maximum Gasteiger partial charge on any atom is 0.335 e. The number of amidine groups is 1. The van der Waals surface area contributed by atoms with Gasteiger partial charge in [-0.3, -0.25) is 9.69 Å². The van der Waals surface area contributed by atoms with Crippen molar-refractivity contribution in [3.8, 4) is 11.5 Å². The third-order valence-corrected chi connectivity index (χ3v) is 6.61. The average molecular weight is 533 g/mol. The van der Waals surface area contributed by atoms with Gasteiger partial charge in [0.15, 0.2) is 16.7 Å². The van der Waals surface area contributed by atoms with E-state index in [9.17, 15) is 19.5 Å². The molecule has 1 amide bonds. The first-order valence-electron chi connectivity index (χ1n) is 11.6. The molecule has 3 aromatic carbocycles. The van der Waals surface area contributed by atoms with E-state index in [1.54, 1.807) is 48.5 Å². The van der Waals surface area contributed by atoms with Crippen LogP contribution in [0.5, 0.6) is 11.5 Å². The molecule has 1 fully saturated rings. The number of amides is 1. The number of aromatic carboxylic acids is 2. The Kier molecular flexibility index (Phi) is 8.12. The molecule has 38 heavy (non-hydrogen) atoms. The predicted octanol–water partition coefficient (Wildman–Crippen LogP) is 5.29. The Hall–Kier alpha value is -4.57. The third-order valence-electron chi connectivity index (χ3n) is 5.60. The molecule has 0 spiro atoms. The number of aliphatic imine (C=N–C) groups is 1. The zero-order chi connectivity index (χ0) is 27.2. The highest BCUT2D eigenvalue weighted by Crippen LogP contribution is 2.36. The van der Waals surface area contributed by atoms with Gasteiger partial charge in [0.2, 0.25) is 0 Å². The number of nitrogens with zero attached hydrogens (tertiary/aromatic N) is 2. The zero-order valence-electron chi connectivity index (χ0n) is 20.6. The van der Waals surface area contributed by atoms with Gasteiger partial charge in [-0.2, -0.15) is 0 Å². The van der Waals surface area contributed by atoms with Gasteiger partial charge in [-0.1, -0.05) is 24.3 Å². The first kappa shape index (κ1) is 26.5. The van der Waals surface area contributed by atoms with E-state index in [-0.39, 0.29) is 23.6 Å². The summed E-state index contributed by atoms with van der Waals surface area (Å²) in [5, 5.41) is 18.7. The van der Waals surface area contributed by atoms with Gasteiger partial charge in [-0.15, -0.1) is 0 Å². The lowest BCUT2D eigenvalue weighted by Gasteiger charge is -2.12. The van der Waals surface area contributed by atoms with Crippen LogP contribution in [0, 0.1) is 0 Å². The SMILES string of the molecule is CCN1C(=O)/C(=C/c2ccc(OCc3ccc(C(=O)O)cc3)c(OC)c2)SC1=Nc1cccc(C(=O)O)c1. The Morgan fingerprint density at radius 2 is 1.71 bits per heavy atom. The van der Waals surface area contributed by atoms with Crippen molar-refractivity contribution in [1.82, 2.24) is 4.90 Å². The number of rotatable bonds is 9. The molecule has 0 bridgehead atoms. The zero-order valence-corrected chi connectivity index (χ0v) is 21.4. The maximum atomic E-state index is 13.0. The Labute approximate surface area is 223 Å². The van der Waals surface area contributed by atoms with Gasteiger partial charge in [-0.05, 0) is 78.4 Å². The summed E-state index contributed by atoms with van der Waals surface area (Å²) >= 11 is 1.21. The molecule has 0 atom stereocenters. The second kappa shape index (κ2) is 11.7. The number of hydrogen-bond acceptors (Lipinski definition) is 7. The normalized spacial score (nSPS) is 15.2. The van der Waals surface area contributed by atoms with E-state index in [0.29, 0.717) is 33.8 Å². The van der Waals surface area contributed by atoms with Gasteiger partial charge < -0.3 is 19.7 Å². The molecule has 1 aliphatic heterocycles. The number of ether oxygens (including phenoxy) is 2. The van der Waals surface area contributed by atoms with Crippen LogP contribution in [0.3, 0.4) is 0 Å². The van der Waals surface area contributed by atoms with Crippen molar-refractivity contribution < 1.29 is 34.1 Å². The molecule has 0 saturated carbocycles. The molecular formula is C28H24N2O7S. The Morgan fingerprint density at radius 1 is 0.974 bits per heavy atom. The standard InChI is InChI=1S/C28H24N2O7S/c1-3-30-25(31)24(38-28(30)29-21-6-4-5-20(15-21)27(34)35)14-18-9-12-22(23(13-18)36-2)37-16-17-7-10-19(11-8-17)26(32)33/h4-15H,3,16H2,1-2H3,(H,32,33)(H,34,35)/b24-14-,29-28?. The molecule has 10 heteroatoms. The van der Waals surface area contributed by atoms with E-state index in [1.165, 1.54) is 48.0 Å². The van der Waals surface area contributed by atoms with Crippen LogP contribution in [-0.2, 0) is 11.4 Å².